The molecule has 0 saturated heterocycles. The summed E-state index contributed by atoms with van der Waals surface area (Å²) in [5.74, 6) is -0.700. The fourth-order valence-electron chi connectivity index (χ4n) is 3.70. The number of amides is 1. The van der Waals surface area contributed by atoms with Gasteiger partial charge in [0.15, 0.2) is 0 Å². The standard InChI is InChI=1S/C27H30F3N3O6S3/c28-27(29,30)41(36,37)25-18-23(42(38,39)33-26(35)20-8-3-1-4-9-20)12-13-24(25)32-21(14-16-31-15-7-17-34)19-40-22-10-5-2-6-11-22/h1-6,8-13,18,21,31-32,34H,7,14-17,19H2,(H,33,35)/t21-/m1/s1. The van der Waals surface area contributed by atoms with Crippen LogP contribution in [-0.4, -0.2) is 64.8 Å². The summed E-state index contributed by atoms with van der Waals surface area (Å²) in [6.45, 7) is 0.897. The largest absolute Gasteiger partial charge is 0.501 e. The van der Waals surface area contributed by atoms with Crippen LogP contribution in [0.2, 0.25) is 0 Å². The zero-order valence-corrected chi connectivity index (χ0v) is 24.6. The quantitative estimate of drug-likeness (QED) is 0.142. The number of anilines is 1. The normalized spacial score (nSPS) is 13.0. The van der Waals surface area contributed by atoms with E-state index in [0.29, 0.717) is 37.8 Å². The molecule has 0 heterocycles. The smallest absolute Gasteiger partial charge is 0.396 e. The Morgan fingerprint density at radius 3 is 2.17 bits per heavy atom. The van der Waals surface area contributed by atoms with Gasteiger partial charge in [0, 0.05) is 28.9 Å². The van der Waals surface area contributed by atoms with Gasteiger partial charge in [-0.3, -0.25) is 4.79 Å². The van der Waals surface area contributed by atoms with Crippen molar-refractivity contribution in [3.8, 4) is 0 Å². The van der Waals surface area contributed by atoms with E-state index in [-0.39, 0.29) is 12.2 Å². The molecule has 0 fully saturated rings. The lowest BCUT2D eigenvalue weighted by Crippen LogP contribution is -2.32. The highest BCUT2D eigenvalue weighted by Crippen LogP contribution is 2.36. The number of aliphatic hydroxyl groups excluding tert-OH is 1. The summed E-state index contributed by atoms with van der Waals surface area (Å²) in [7, 11) is -10.7. The maximum atomic E-state index is 13.7. The maximum Gasteiger partial charge on any atom is 0.501 e. The molecule has 228 valence electrons. The molecule has 1 atom stereocenters. The third kappa shape index (κ3) is 9.19. The van der Waals surface area contributed by atoms with Gasteiger partial charge < -0.3 is 15.7 Å². The Kier molecular flexibility index (Phi) is 11.8. The van der Waals surface area contributed by atoms with E-state index in [4.69, 9.17) is 5.11 Å². The summed E-state index contributed by atoms with van der Waals surface area (Å²) < 4.78 is 93.9. The van der Waals surface area contributed by atoms with E-state index in [0.717, 1.165) is 17.0 Å². The Balaban J connectivity index is 1.94. The number of nitrogens with one attached hydrogen (secondary N) is 3. The van der Waals surface area contributed by atoms with Crippen LogP contribution in [0, 0.1) is 0 Å². The van der Waals surface area contributed by atoms with Gasteiger partial charge >= 0.3 is 5.51 Å². The number of hydrogen-bond donors (Lipinski definition) is 4. The number of halogens is 3. The predicted octanol–water partition coefficient (Wildman–Crippen LogP) is 4.03. The molecule has 0 bridgehead atoms. The highest BCUT2D eigenvalue weighted by Gasteiger charge is 2.48. The third-order valence-electron chi connectivity index (χ3n) is 5.86. The summed E-state index contributed by atoms with van der Waals surface area (Å²) in [6.07, 6.45) is 0.867. The van der Waals surface area contributed by atoms with Crippen molar-refractivity contribution < 1.29 is 39.9 Å². The van der Waals surface area contributed by atoms with E-state index < -0.39 is 52.8 Å². The molecule has 3 rings (SSSR count). The zero-order chi connectivity index (χ0) is 30.8. The van der Waals surface area contributed by atoms with Gasteiger partial charge in [0.1, 0.15) is 4.90 Å². The fraction of sp³-hybridized carbons (Fsp3) is 0.296. The highest BCUT2D eigenvalue weighted by atomic mass is 32.2. The summed E-state index contributed by atoms with van der Waals surface area (Å²) >= 11 is 1.40. The second kappa shape index (κ2) is 14.9. The van der Waals surface area contributed by atoms with Gasteiger partial charge in [0.05, 0.1) is 10.6 Å². The topological polar surface area (TPSA) is 142 Å². The lowest BCUT2D eigenvalue weighted by atomic mass is 10.2. The first-order valence-electron chi connectivity index (χ1n) is 12.7. The van der Waals surface area contributed by atoms with Crippen LogP contribution in [0.3, 0.4) is 0 Å². The highest BCUT2D eigenvalue weighted by molar-refractivity contribution is 7.99. The van der Waals surface area contributed by atoms with Crippen molar-refractivity contribution in [1.29, 1.82) is 0 Å². The van der Waals surface area contributed by atoms with Crippen LogP contribution in [0.15, 0.2) is 93.5 Å². The molecule has 15 heteroatoms. The molecule has 0 saturated carbocycles. The van der Waals surface area contributed by atoms with Gasteiger partial charge in [0.25, 0.3) is 25.8 Å². The number of benzene rings is 3. The average Bonchev–Trinajstić information content (AvgIpc) is 2.95. The zero-order valence-electron chi connectivity index (χ0n) is 22.2. The van der Waals surface area contributed by atoms with Gasteiger partial charge in [-0.05, 0) is 68.4 Å². The average molecular weight is 646 g/mol. The molecule has 4 N–H and O–H groups in total. The van der Waals surface area contributed by atoms with Crippen molar-refractivity contribution in [2.24, 2.45) is 0 Å². The van der Waals surface area contributed by atoms with Crippen LogP contribution in [-0.2, 0) is 19.9 Å². The molecule has 0 unspecified atom stereocenters. The maximum absolute atomic E-state index is 13.7. The minimum Gasteiger partial charge on any atom is -0.396 e. The van der Waals surface area contributed by atoms with E-state index in [1.54, 1.807) is 10.8 Å². The van der Waals surface area contributed by atoms with Crippen LogP contribution in [0.25, 0.3) is 0 Å². The van der Waals surface area contributed by atoms with Gasteiger partial charge in [0.2, 0.25) is 0 Å². The lowest BCUT2D eigenvalue weighted by molar-refractivity contribution is -0.0435. The summed E-state index contributed by atoms with van der Waals surface area (Å²) in [4.78, 5) is 11.2. The van der Waals surface area contributed by atoms with Crippen molar-refractivity contribution in [3.05, 3.63) is 84.4 Å². The summed E-state index contributed by atoms with van der Waals surface area (Å²) in [5, 5.41) is 14.9. The number of hydrogen-bond acceptors (Lipinski definition) is 9. The van der Waals surface area contributed by atoms with Crippen molar-refractivity contribution in [2.75, 3.05) is 30.8 Å². The summed E-state index contributed by atoms with van der Waals surface area (Å²) in [5.41, 5.74) is -6.18. The Morgan fingerprint density at radius 2 is 1.55 bits per heavy atom. The molecule has 0 aliphatic rings. The van der Waals surface area contributed by atoms with Crippen LogP contribution in [0.1, 0.15) is 23.2 Å². The van der Waals surface area contributed by atoms with Crippen LogP contribution in [0.4, 0.5) is 18.9 Å². The molecule has 3 aromatic carbocycles. The second-order valence-electron chi connectivity index (χ2n) is 8.99. The molecule has 9 nitrogen and oxygen atoms in total. The fourth-order valence-corrected chi connectivity index (χ4v) is 6.72. The molecule has 0 radical (unpaired) electrons. The molecule has 1 amide bonds. The minimum absolute atomic E-state index is 0.0156. The van der Waals surface area contributed by atoms with Gasteiger partial charge in [-0.1, -0.05) is 36.4 Å². The van der Waals surface area contributed by atoms with Crippen molar-refractivity contribution >= 4 is 43.2 Å². The number of alkyl halides is 3. The van der Waals surface area contributed by atoms with Gasteiger partial charge in [-0.15, -0.1) is 11.8 Å². The predicted molar refractivity (Wildman–Crippen MR) is 155 cm³/mol. The van der Waals surface area contributed by atoms with Gasteiger partial charge in [-0.2, -0.15) is 13.2 Å². The number of sulfonamides is 1. The van der Waals surface area contributed by atoms with Crippen LogP contribution in [0.5, 0.6) is 0 Å². The van der Waals surface area contributed by atoms with E-state index in [2.05, 4.69) is 10.6 Å². The Bertz CT molecular complexity index is 1540. The van der Waals surface area contributed by atoms with E-state index in [1.165, 1.54) is 36.0 Å². The minimum atomic E-state index is -6.01. The number of thioether (sulfide) groups is 1. The second-order valence-corrected chi connectivity index (χ2v) is 13.7. The Hall–Kier alpha value is -3.11. The first kappa shape index (κ1) is 33.4. The van der Waals surface area contributed by atoms with Crippen molar-refractivity contribution in [1.82, 2.24) is 10.0 Å². The Morgan fingerprint density at radius 1 is 0.905 bits per heavy atom. The lowest BCUT2D eigenvalue weighted by Gasteiger charge is -2.23. The van der Waals surface area contributed by atoms with Gasteiger partial charge in [-0.25, -0.2) is 21.6 Å². The van der Waals surface area contributed by atoms with Crippen LogP contribution < -0.4 is 15.4 Å². The number of carbonyl (C=O) groups is 1. The van der Waals surface area contributed by atoms with Crippen molar-refractivity contribution in [3.63, 3.8) is 0 Å². The molecule has 0 spiro atoms. The number of carbonyl (C=O) groups excluding carboxylic acids is 1. The molecular formula is C27H30F3N3O6S3. The molecule has 0 aliphatic carbocycles. The molecule has 3 aromatic rings. The SMILES string of the molecule is O=C(NS(=O)(=O)c1ccc(N[C@H](CCNCCCO)CSc2ccccc2)c(S(=O)(=O)C(F)(F)F)c1)c1ccccc1. The first-order chi connectivity index (χ1) is 19.8. The van der Waals surface area contributed by atoms with E-state index >= 15 is 0 Å². The molecular weight excluding hydrogens is 616 g/mol. The monoisotopic (exact) mass is 645 g/mol. The molecule has 42 heavy (non-hydrogen) atoms. The van der Waals surface area contributed by atoms with E-state index in [1.807, 2.05) is 30.3 Å². The number of sulfone groups is 1. The van der Waals surface area contributed by atoms with Crippen molar-refractivity contribution in [2.45, 2.75) is 39.1 Å². The molecule has 0 aromatic heterocycles. The van der Waals surface area contributed by atoms with E-state index in [9.17, 15) is 34.8 Å². The first-order valence-corrected chi connectivity index (χ1v) is 16.6. The number of rotatable bonds is 15. The summed E-state index contributed by atoms with van der Waals surface area (Å²) in [6, 6.07) is 18.2. The molecule has 0 aliphatic heterocycles. The number of aliphatic hydroxyl groups is 1. The third-order valence-corrected chi connectivity index (χ3v) is 9.89. The van der Waals surface area contributed by atoms with Crippen LogP contribution >= 0.6 is 11.8 Å². The Labute approximate surface area is 246 Å².